The molecular weight excluding hydrogens is 220 g/mol. The van der Waals surface area contributed by atoms with Crippen molar-refractivity contribution in [2.45, 2.75) is 26.0 Å². The summed E-state index contributed by atoms with van der Waals surface area (Å²) in [5.41, 5.74) is 7.23. The summed E-state index contributed by atoms with van der Waals surface area (Å²) in [5.74, 6) is -0.183. The Labute approximate surface area is 100 Å². The summed E-state index contributed by atoms with van der Waals surface area (Å²) < 4.78 is 1.78. The van der Waals surface area contributed by atoms with Gasteiger partial charge in [-0.15, -0.1) is 0 Å². The molecule has 1 atom stereocenters. The molecule has 2 heterocycles. The Hall–Kier alpha value is -1.40. The fraction of sp³-hybridized carbons (Fsp3) is 0.636. The Bertz CT molecular complexity index is 439. The van der Waals surface area contributed by atoms with Gasteiger partial charge in [0.15, 0.2) is 5.82 Å². The molecule has 0 aromatic carbocycles. The van der Waals surface area contributed by atoms with Crippen LogP contribution in [0.2, 0.25) is 0 Å². The maximum atomic E-state index is 11.2. The molecule has 0 fully saturated rings. The zero-order valence-electron chi connectivity index (χ0n) is 10.2. The van der Waals surface area contributed by atoms with Gasteiger partial charge in [-0.25, -0.2) is 4.98 Å². The van der Waals surface area contributed by atoms with Crippen molar-refractivity contribution in [3.63, 3.8) is 0 Å². The van der Waals surface area contributed by atoms with Crippen LogP contribution in [0.15, 0.2) is 0 Å². The smallest absolute Gasteiger partial charge is 0.284 e. The number of hydrogen-bond donors (Lipinski definition) is 2. The molecule has 0 radical (unpaired) electrons. The van der Waals surface area contributed by atoms with E-state index in [2.05, 4.69) is 9.88 Å². The molecular formula is C11H18N4O2. The van der Waals surface area contributed by atoms with Crippen LogP contribution < -0.4 is 5.73 Å². The summed E-state index contributed by atoms with van der Waals surface area (Å²) in [6, 6.07) is 0. The summed E-state index contributed by atoms with van der Waals surface area (Å²) in [7, 11) is 1.82. The van der Waals surface area contributed by atoms with E-state index in [0.717, 1.165) is 24.4 Å². The van der Waals surface area contributed by atoms with E-state index in [1.54, 1.807) is 11.5 Å². The molecule has 2 rings (SSSR count). The highest BCUT2D eigenvalue weighted by atomic mass is 16.3. The third-order valence-electron chi connectivity index (χ3n) is 3.08. The van der Waals surface area contributed by atoms with Gasteiger partial charge in [0.1, 0.15) is 0 Å². The Balaban J connectivity index is 2.21. The molecule has 0 saturated heterocycles. The summed E-state index contributed by atoms with van der Waals surface area (Å²) >= 11 is 0. The van der Waals surface area contributed by atoms with Crippen LogP contribution in [0.4, 0.5) is 0 Å². The van der Waals surface area contributed by atoms with Crippen LogP contribution in [-0.2, 0) is 20.0 Å². The third kappa shape index (κ3) is 2.32. The Morgan fingerprint density at radius 2 is 2.35 bits per heavy atom. The highest BCUT2D eigenvalue weighted by molar-refractivity contribution is 5.89. The fourth-order valence-corrected chi connectivity index (χ4v) is 2.33. The molecule has 0 aliphatic carbocycles. The number of β-amino-alcohol motifs (C(OH)–C–C–N with tert-alkyl or cyclic N) is 1. The monoisotopic (exact) mass is 238 g/mol. The van der Waals surface area contributed by atoms with E-state index in [-0.39, 0.29) is 6.10 Å². The first-order valence-electron chi connectivity index (χ1n) is 5.73. The maximum absolute atomic E-state index is 11.2. The van der Waals surface area contributed by atoms with Crippen molar-refractivity contribution in [1.29, 1.82) is 0 Å². The molecule has 6 heteroatoms. The highest BCUT2D eigenvalue weighted by Crippen LogP contribution is 2.19. The number of hydrogen-bond acceptors (Lipinski definition) is 4. The van der Waals surface area contributed by atoms with E-state index in [1.165, 1.54) is 0 Å². The molecule has 6 nitrogen and oxygen atoms in total. The first kappa shape index (κ1) is 12.1. The number of nitrogens with zero attached hydrogens (tertiary/aromatic N) is 3. The molecule has 1 amide bonds. The molecule has 0 bridgehead atoms. The van der Waals surface area contributed by atoms with Crippen LogP contribution in [0.5, 0.6) is 0 Å². The Kier molecular flexibility index (Phi) is 3.17. The molecule has 3 N–H and O–H groups in total. The van der Waals surface area contributed by atoms with E-state index in [9.17, 15) is 9.90 Å². The van der Waals surface area contributed by atoms with E-state index < -0.39 is 5.91 Å². The van der Waals surface area contributed by atoms with Crippen molar-refractivity contribution in [1.82, 2.24) is 14.5 Å². The lowest BCUT2D eigenvalue weighted by atomic mass is 10.1. The summed E-state index contributed by atoms with van der Waals surface area (Å²) in [4.78, 5) is 17.6. The average molecular weight is 238 g/mol. The second-order valence-corrected chi connectivity index (χ2v) is 4.59. The van der Waals surface area contributed by atoms with E-state index in [4.69, 9.17) is 5.73 Å². The molecule has 0 spiro atoms. The number of carbonyl (C=O) groups excluding carboxylic acids is 1. The van der Waals surface area contributed by atoms with Gasteiger partial charge >= 0.3 is 0 Å². The Morgan fingerprint density at radius 3 is 2.94 bits per heavy atom. The number of rotatable bonds is 3. The molecule has 1 aromatic rings. The molecule has 17 heavy (non-hydrogen) atoms. The lowest BCUT2D eigenvalue weighted by molar-refractivity contribution is 0.0987. The minimum atomic E-state index is -0.496. The van der Waals surface area contributed by atoms with E-state index in [0.29, 0.717) is 18.9 Å². The highest BCUT2D eigenvalue weighted by Gasteiger charge is 2.24. The van der Waals surface area contributed by atoms with Crippen molar-refractivity contribution in [3.8, 4) is 0 Å². The summed E-state index contributed by atoms with van der Waals surface area (Å²) in [5, 5.41) is 9.36. The second kappa shape index (κ2) is 4.46. The minimum Gasteiger partial charge on any atom is -0.392 e. The van der Waals surface area contributed by atoms with Gasteiger partial charge < -0.3 is 15.4 Å². The van der Waals surface area contributed by atoms with Crippen LogP contribution in [0.3, 0.4) is 0 Å². The van der Waals surface area contributed by atoms with Crippen molar-refractivity contribution in [2.75, 3.05) is 13.1 Å². The van der Waals surface area contributed by atoms with Gasteiger partial charge in [0.05, 0.1) is 11.8 Å². The van der Waals surface area contributed by atoms with Crippen molar-refractivity contribution in [2.24, 2.45) is 12.8 Å². The normalized spacial score (nSPS) is 17.8. The first-order valence-corrected chi connectivity index (χ1v) is 5.73. The number of imidazole rings is 1. The van der Waals surface area contributed by atoms with Crippen LogP contribution in [0.1, 0.15) is 28.9 Å². The maximum Gasteiger partial charge on any atom is 0.284 e. The van der Waals surface area contributed by atoms with E-state index in [1.807, 2.05) is 7.05 Å². The molecule has 1 aromatic heterocycles. The Morgan fingerprint density at radius 1 is 1.65 bits per heavy atom. The number of amides is 1. The molecule has 94 valence electrons. The van der Waals surface area contributed by atoms with Gasteiger partial charge in [0, 0.05) is 38.8 Å². The SMILES string of the molecule is C[C@H](O)CN1CCc2c(nc(C(N)=O)n2C)C1. The van der Waals surface area contributed by atoms with Crippen LogP contribution in [-0.4, -0.2) is 44.7 Å². The van der Waals surface area contributed by atoms with E-state index >= 15 is 0 Å². The number of carbonyl (C=O) groups is 1. The predicted molar refractivity (Wildman–Crippen MR) is 62.4 cm³/mol. The van der Waals surface area contributed by atoms with Crippen LogP contribution >= 0.6 is 0 Å². The molecule has 0 unspecified atom stereocenters. The number of aliphatic hydroxyl groups is 1. The van der Waals surface area contributed by atoms with Crippen LogP contribution in [0.25, 0.3) is 0 Å². The summed E-state index contributed by atoms with van der Waals surface area (Å²) in [6.45, 7) is 3.93. The lowest BCUT2D eigenvalue weighted by Gasteiger charge is -2.27. The number of aromatic nitrogens is 2. The lowest BCUT2D eigenvalue weighted by Crippen LogP contribution is -2.36. The summed E-state index contributed by atoms with van der Waals surface area (Å²) in [6.07, 6.45) is 0.481. The number of fused-ring (bicyclic) bond motifs is 1. The predicted octanol–water partition coefficient (Wildman–Crippen LogP) is -0.742. The fourth-order valence-electron chi connectivity index (χ4n) is 2.33. The van der Waals surface area contributed by atoms with Gasteiger partial charge in [-0.2, -0.15) is 0 Å². The standard InChI is InChI=1S/C11H18N4O2/c1-7(16)5-15-4-3-9-8(6-15)13-11(10(12)17)14(9)2/h7,16H,3-6H2,1-2H3,(H2,12,17)/t7-/m0/s1. The van der Waals surface area contributed by atoms with Crippen molar-refractivity contribution in [3.05, 3.63) is 17.2 Å². The number of primary amides is 1. The van der Waals surface area contributed by atoms with Gasteiger partial charge in [0.25, 0.3) is 5.91 Å². The van der Waals surface area contributed by atoms with Gasteiger partial charge in [-0.05, 0) is 6.92 Å². The molecule has 1 aliphatic heterocycles. The minimum absolute atomic E-state index is 0.314. The second-order valence-electron chi connectivity index (χ2n) is 4.59. The number of nitrogens with two attached hydrogens (primary N) is 1. The average Bonchev–Trinajstić information content (AvgIpc) is 2.55. The van der Waals surface area contributed by atoms with Crippen molar-refractivity contribution < 1.29 is 9.90 Å². The number of aliphatic hydroxyl groups excluding tert-OH is 1. The van der Waals surface area contributed by atoms with Gasteiger partial charge in [0.2, 0.25) is 0 Å². The molecule has 1 aliphatic rings. The quantitative estimate of drug-likeness (QED) is 0.726. The zero-order valence-corrected chi connectivity index (χ0v) is 10.2. The molecule has 0 saturated carbocycles. The topological polar surface area (TPSA) is 84.4 Å². The first-order chi connectivity index (χ1) is 7.99. The zero-order chi connectivity index (χ0) is 12.6. The third-order valence-corrected chi connectivity index (χ3v) is 3.08. The largest absolute Gasteiger partial charge is 0.392 e. The van der Waals surface area contributed by atoms with Crippen molar-refractivity contribution >= 4 is 5.91 Å². The van der Waals surface area contributed by atoms with Crippen LogP contribution in [0, 0.1) is 0 Å². The van der Waals surface area contributed by atoms with Gasteiger partial charge in [-0.1, -0.05) is 0 Å². The van der Waals surface area contributed by atoms with Gasteiger partial charge in [-0.3, -0.25) is 9.69 Å².